The Labute approximate surface area is 170 Å². The first-order chi connectivity index (χ1) is 14.0. The second-order valence-corrected chi connectivity index (χ2v) is 8.76. The van der Waals surface area contributed by atoms with Crippen molar-refractivity contribution in [2.24, 2.45) is 14.1 Å². The van der Waals surface area contributed by atoms with Crippen LogP contribution in [0.2, 0.25) is 0 Å². The lowest BCUT2D eigenvalue weighted by atomic mass is 10.0. The van der Waals surface area contributed by atoms with Crippen molar-refractivity contribution in [3.8, 4) is 0 Å². The lowest BCUT2D eigenvalue weighted by Gasteiger charge is -2.33. The predicted octanol–water partition coefficient (Wildman–Crippen LogP) is 1.94. The highest BCUT2D eigenvalue weighted by Gasteiger charge is 2.35. The van der Waals surface area contributed by atoms with Gasteiger partial charge in [0.1, 0.15) is 11.4 Å². The van der Waals surface area contributed by atoms with E-state index in [9.17, 15) is 9.59 Å². The summed E-state index contributed by atoms with van der Waals surface area (Å²) in [4.78, 5) is 28.1. The van der Waals surface area contributed by atoms with Crippen LogP contribution in [0.15, 0.2) is 12.4 Å². The van der Waals surface area contributed by atoms with Gasteiger partial charge in [0.2, 0.25) is 0 Å². The highest BCUT2D eigenvalue weighted by atomic mass is 16.2. The van der Waals surface area contributed by atoms with Gasteiger partial charge in [-0.05, 0) is 50.4 Å². The van der Waals surface area contributed by atoms with Crippen LogP contribution in [0.4, 0.5) is 0 Å². The van der Waals surface area contributed by atoms with Crippen LogP contribution in [0.25, 0.3) is 0 Å². The highest BCUT2D eigenvalue weighted by Crippen LogP contribution is 2.42. The lowest BCUT2D eigenvalue weighted by Crippen LogP contribution is -2.50. The Balaban J connectivity index is 1.29. The molecule has 0 aromatic carbocycles. The molecular weight excluding hydrogens is 368 g/mol. The molecule has 1 aliphatic heterocycles. The average molecular weight is 396 g/mol. The normalized spacial score (nSPS) is 22.0. The van der Waals surface area contributed by atoms with Crippen molar-refractivity contribution in [1.29, 1.82) is 0 Å². The Bertz CT molecular complexity index is 953. The van der Waals surface area contributed by atoms with Crippen LogP contribution in [0.5, 0.6) is 0 Å². The van der Waals surface area contributed by atoms with Gasteiger partial charge in [0.25, 0.3) is 11.8 Å². The molecule has 2 saturated carbocycles. The molecule has 2 aliphatic carbocycles. The molecule has 2 aromatic rings. The molecule has 2 aromatic heterocycles. The van der Waals surface area contributed by atoms with E-state index in [2.05, 4.69) is 15.5 Å². The SMILES string of the molecule is Cn1ncc(C2CC2)c1C(=O)N[C@@H]1CCCN(C(=O)c2c(C3CC3)cnn2C)C1. The third kappa shape index (κ3) is 3.45. The fraction of sp³-hybridized carbons (Fsp3) is 0.619. The molecule has 1 N–H and O–H groups in total. The first-order valence-electron chi connectivity index (χ1n) is 10.7. The van der Waals surface area contributed by atoms with E-state index >= 15 is 0 Å². The molecule has 3 aliphatic rings. The van der Waals surface area contributed by atoms with Gasteiger partial charge in [-0.1, -0.05) is 0 Å². The maximum Gasteiger partial charge on any atom is 0.272 e. The lowest BCUT2D eigenvalue weighted by molar-refractivity contribution is 0.0663. The van der Waals surface area contributed by atoms with Gasteiger partial charge in [-0.3, -0.25) is 19.0 Å². The van der Waals surface area contributed by atoms with Crippen molar-refractivity contribution in [2.45, 2.75) is 56.4 Å². The van der Waals surface area contributed by atoms with E-state index in [1.165, 1.54) is 0 Å². The molecule has 1 atom stereocenters. The third-order valence-corrected chi connectivity index (χ3v) is 6.43. The third-order valence-electron chi connectivity index (χ3n) is 6.43. The number of carbonyl (C=O) groups is 2. The number of nitrogens with zero attached hydrogens (tertiary/aromatic N) is 5. The average Bonchev–Trinajstić information content (AvgIpc) is 3.63. The van der Waals surface area contributed by atoms with E-state index in [1.54, 1.807) is 9.36 Å². The van der Waals surface area contributed by atoms with Gasteiger partial charge in [0.05, 0.1) is 12.4 Å². The standard InChI is InChI=1S/C21H28N6O2/c1-25-18(16(10-22-25)13-5-6-13)20(28)24-15-4-3-9-27(12-15)21(29)19-17(14-7-8-14)11-23-26(19)2/h10-11,13-15H,3-9,12H2,1-2H3,(H,24,28)/t15-/m1/s1. The first kappa shape index (κ1) is 18.4. The molecule has 2 amide bonds. The second-order valence-electron chi connectivity index (χ2n) is 8.76. The summed E-state index contributed by atoms with van der Waals surface area (Å²) in [5, 5.41) is 11.8. The van der Waals surface area contributed by atoms with Gasteiger partial charge >= 0.3 is 0 Å². The summed E-state index contributed by atoms with van der Waals surface area (Å²) in [7, 11) is 3.66. The zero-order valence-corrected chi connectivity index (χ0v) is 17.1. The van der Waals surface area contributed by atoms with Crippen LogP contribution >= 0.6 is 0 Å². The van der Waals surface area contributed by atoms with Crippen LogP contribution < -0.4 is 5.32 Å². The maximum atomic E-state index is 13.2. The smallest absolute Gasteiger partial charge is 0.272 e. The number of amides is 2. The largest absolute Gasteiger partial charge is 0.346 e. The quantitative estimate of drug-likeness (QED) is 0.837. The molecule has 5 rings (SSSR count). The Kier molecular flexibility index (Phi) is 4.44. The van der Waals surface area contributed by atoms with Gasteiger partial charge in [0, 0.05) is 44.4 Å². The summed E-state index contributed by atoms with van der Waals surface area (Å²) < 4.78 is 3.38. The summed E-state index contributed by atoms with van der Waals surface area (Å²) in [6, 6.07) is -0.0419. The minimum absolute atomic E-state index is 0.0325. The van der Waals surface area contributed by atoms with Crippen LogP contribution in [-0.4, -0.2) is 55.4 Å². The Morgan fingerprint density at radius 1 is 0.931 bits per heavy atom. The maximum absolute atomic E-state index is 13.2. The van der Waals surface area contributed by atoms with Gasteiger partial charge in [-0.15, -0.1) is 0 Å². The topological polar surface area (TPSA) is 85.1 Å². The Hall–Kier alpha value is -2.64. The molecule has 3 fully saturated rings. The molecule has 1 saturated heterocycles. The first-order valence-corrected chi connectivity index (χ1v) is 10.7. The number of aryl methyl sites for hydroxylation is 2. The van der Waals surface area contributed by atoms with Gasteiger partial charge < -0.3 is 10.2 Å². The summed E-state index contributed by atoms with van der Waals surface area (Å²) in [5.41, 5.74) is 3.51. The fourth-order valence-electron chi connectivity index (χ4n) is 4.52. The van der Waals surface area contributed by atoms with Crippen molar-refractivity contribution >= 4 is 11.8 Å². The van der Waals surface area contributed by atoms with Crippen LogP contribution in [0, 0.1) is 0 Å². The van der Waals surface area contributed by atoms with Gasteiger partial charge in [-0.2, -0.15) is 10.2 Å². The highest BCUT2D eigenvalue weighted by molar-refractivity contribution is 5.95. The number of hydrogen-bond acceptors (Lipinski definition) is 4. The molecule has 0 bridgehead atoms. The Morgan fingerprint density at radius 2 is 1.52 bits per heavy atom. The van der Waals surface area contributed by atoms with Crippen molar-refractivity contribution < 1.29 is 9.59 Å². The van der Waals surface area contributed by atoms with Crippen molar-refractivity contribution in [3.63, 3.8) is 0 Å². The van der Waals surface area contributed by atoms with Crippen molar-refractivity contribution in [3.05, 3.63) is 34.9 Å². The van der Waals surface area contributed by atoms with Crippen LogP contribution in [0.3, 0.4) is 0 Å². The number of nitrogens with one attached hydrogen (secondary N) is 1. The number of piperidine rings is 1. The van der Waals surface area contributed by atoms with E-state index in [0.717, 1.165) is 56.2 Å². The Morgan fingerprint density at radius 3 is 2.14 bits per heavy atom. The molecule has 8 heteroatoms. The van der Waals surface area contributed by atoms with E-state index in [-0.39, 0.29) is 17.9 Å². The summed E-state index contributed by atoms with van der Waals surface area (Å²) in [6.45, 7) is 1.26. The number of likely N-dealkylation sites (tertiary alicyclic amines) is 1. The van der Waals surface area contributed by atoms with E-state index in [0.29, 0.717) is 29.8 Å². The molecule has 29 heavy (non-hydrogen) atoms. The number of aromatic nitrogens is 4. The predicted molar refractivity (Wildman–Crippen MR) is 107 cm³/mol. The second kappa shape index (κ2) is 7.00. The summed E-state index contributed by atoms with van der Waals surface area (Å²) in [6.07, 6.45) is 9.97. The minimum atomic E-state index is -0.0783. The van der Waals surface area contributed by atoms with E-state index in [4.69, 9.17) is 0 Å². The zero-order valence-electron chi connectivity index (χ0n) is 17.1. The molecular formula is C21H28N6O2. The van der Waals surface area contributed by atoms with Crippen LogP contribution in [-0.2, 0) is 14.1 Å². The van der Waals surface area contributed by atoms with E-state index in [1.807, 2.05) is 31.4 Å². The minimum Gasteiger partial charge on any atom is -0.346 e. The van der Waals surface area contributed by atoms with Gasteiger partial charge in [0.15, 0.2) is 0 Å². The summed E-state index contributed by atoms with van der Waals surface area (Å²) >= 11 is 0. The zero-order chi connectivity index (χ0) is 20.1. The number of carbonyl (C=O) groups excluding carboxylic acids is 2. The van der Waals surface area contributed by atoms with Crippen LogP contribution in [0.1, 0.15) is 82.5 Å². The van der Waals surface area contributed by atoms with E-state index < -0.39 is 0 Å². The van der Waals surface area contributed by atoms with Crippen molar-refractivity contribution in [1.82, 2.24) is 29.8 Å². The molecule has 0 unspecified atom stereocenters. The molecule has 154 valence electrons. The molecule has 0 radical (unpaired) electrons. The monoisotopic (exact) mass is 396 g/mol. The number of rotatable bonds is 5. The number of hydrogen-bond donors (Lipinski definition) is 1. The molecule has 3 heterocycles. The summed E-state index contributed by atoms with van der Waals surface area (Å²) in [5.74, 6) is 0.906. The molecule has 8 nitrogen and oxygen atoms in total. The van der Waals surface area contributed by atoms with Gasteiger partial charge in [-0.25, -0.2) is 0 Å². The molecule has 0 spiro atoms. The van der Waals surface area contributed by atoms with Crippen molar-refractivity contribution in [2.75, 3.05) is 13.1 Å². The fourth-order valence-corrected chi connectivity index (χ4v) is 4.52.